The molecule has 3 saturated carbocycles. The fourth-order valence-electron chi connectivity index (χ4n) is 10.8. The molecule has 6 N–H and O–H groups in total. The zero-order valence-corrected chi connectivity index (χ0v) is 37.1. The van der Waals surface area contributed by atoms with Gasteiger partial charge in [-0.25, -0.2) is 4.57 Å². The zero-order valence-electron chi connectivity index (χ0n) is 36.2. The van der Waals surface area contributed by atoms with Crippen LogP contribution in [0.5, 0.6) is 5.75 Å². The number of hydrogen-bond acceptors (Lipinski definition) is 12. The predicted molar refractivity (Wildman–Crippen MR) is 233 cm³/mol. The molecule has 0 radical (unpaired) electrons. The Morgan fingerprint density at radius 1 is 0.857 bits per heavy atom. The van der Waals surface area contributed by atoms with Crippen LogP contribution in [-0.2, 0) is 57.1 Å². The van der Waals surface area contributed by atoms with Crippen LogP contribution in [0, 0.1) is 23.2 Å². The zero-order chi connectivity index (χ0) is 44.7. The molecule has 4 aliphatic carbocycles. The minimum atomic E-state index is -4.02. The van der Waals surface area contributed by atoms with Crippen molar-refractivity contribution in [3.05, 3.63) is 101 Å². The van der Waals surface area contributed by atoms with Crippen molar-refractivity contribution in [3.63, 3.8) is 0 Å². The largest absolute Gasteiger partial charge is 0.530 e. The molecule has 3 aromatic rings. The van der Waals surface area contributed by atoms with E-state index < -0.39 is 62.0 Å². The van der Waals surface area contributed by atoms with Crippen molar-refractivity contribution in [2.45, 2.75) is 140 Å². The number of hydrogen-bond donors (Lipinski definition) is 5. The summed E-state index contributed by atoms with van der Waals surface area (Å²) in [6, 6.07) is 24.2. The third-order valence-corrected chi connectivity index (χ3v) is 15.6. The van der Waals surface area contributed by atoms with Crippen LogP contribution >= 0.6 is 7.82 Å². The molecule has 11 unspecified atom stereocenters. The second-order valence-electron chi connectivity index (χ2n) is 18.1. The second-order valence-corrected chi connectivity index (χ2v) is 19.7. The maximum atomic E-state index is 14.1. The quantitative estimate of drug-likeness (QED) is 0.0653. The molecule has 0 spiro atoms. The van der Waals surface area contributed by atoms with Crippen LogP contribution in [0.1, 0.15) is 106 Å². The van der Waals surface area contributed by atoms with Gasteiger partial charge in [0, 0.05) is 25.4 Å². The first-order valence-electron chi connectivity index (χ1n) is 22.4. The fourth-order valence-corrected chi connectivity index (χ4v) is 12.0. The van der Waals surface area contributed by atoms with Gasteiger partial charge in [-0.1, -0.05) is 73.7 Å². The Bertz CT molecular complexity index is 2030. The lowest BCUT2D eigenvalue weighted by Gasteiger charge is -2.50. The number of primary amides is 1. The van der Waals surface area contributed by atoms with Crippen molar-refractivity contribution in [2.24, 2.45) is 28.9 Å². The van der Waals surface area contributed by atoms with E-state index in [0.29, 0.717) is 36.3 Å². The van der Waals surface area contributed by atoms with Crippen molar-refractivity contribution < 1.29 is 57.3 Å². The standard InChI is InChI=1S/C48H63N2O12P/c1-48-26-25-35-34-16-14-33(62-63(57,59-28-30-9-5-3-6-10-30)60-29-31-11-7-4-8-12-31)27-32(34)13-15-36(35)37(48)17-22-42(48)61-44(54)24-20-40(52)39(51)19-23-43(53)50-38-18-21-41(58-2)45(46(38)55)47(49)56/h3-12,14,16,27,35-42,45-46,51-52,55H,13,15,17-26,28-29H2,1-2H3,(H2,49,56)(H,50,53). The average molecular weight is 891 g/mol. The maximum Gasteiger partial charge on any atom is 0.530 e. The molecule has 0 aliphatic heterocycles. The van der Waals surface area contributed by atoms with Crippen LogP contribution in [0.25, 0.3) is 0 Å². The lowest BCUT2D eigenvalue weighted by molar-refractivity contribution is -0.158. The molecule has 14 nitrogen and oxygen atoms in total. The van der Waals surface area contributed by atoms with Crippen LogP contribution < -0.4 is 15.6 Å². The highest BCUT2D eigenvalue weighted by Gasteiger charge is 2.56. The molecule has 15 heteroatoms. The number of amides is 2. The number of ether oxygens (including phenoxy) is 2. The van der Waals surface area contributed by atoms with Crippen molar-refractivity contribution >= 4 is 25.6 Å². The molecule has 11 atom stereocenters. The molecule has 0 heterocycles. The summed E-state index contributed by atoms with van der Waals surface area (Å²) in [5, 5.41) is 34.7. The van der Waals surface area contributed by atoms with Gasteiger partial charge in [0.1, 0.15) is 11.9 Å². The number of aryl methyl sites for hydroxylation is 1. The Morgan fingerprint density at radius 3 is 2.14 bits per heavy atom. The van der Waals surface area contributed by atoms with Gasteiger partial charge in [-0.15, -0.1) is 0 Å². The first-order valence-corrected chi connectivity index (χ1v) is 23.9. The number of nitrogens with two attached hydrogens (primary N) is 1. The van der Waals surface area contributed by atoms with Gasteiger partial charge in [0.05, 0.1) is 49.6 Å². The number of aliphatic hydroxyl groups excluding tert-OH is 3. The summed E-state index contributed by atoms with van der Waals surface area (Å²) in [7, 11) is -2.58. The van der Waals surface area contributed by atoms with Gasteiger partial charge >= 0.3 is 13.8 Å². The highest BCUT2D eigenvalue weighted by atomic mass is 31.2. The third-order valence-electron chi connectivity index (χ3n) is 14.2. The number of benzene rings is 3. The second kappa shape index (κ2) is 20.8. The molecule has 3 aromatic carbocycles. The molecular formula is C48H63N2O12P. The fraction of sp³-hybridized carbons (Fsp3) is 0.562. The van der Waals surface area contributed by atoms with Crippen LogP contribution in [-0.4, -0.2) is 76.8 Å². The lowest BCUT2D eigenvalue weighted by atomic mass is 9.55. The van der Waals surface area contributed by atoms with Crippen LogP contribution in [0.15, 0.2) is 78.9 Å². The average Bonchev–Trinajstić information content (AvgIpc) is 3.62. The molecule has 0 saturated heterocycles. The number of methoxy groups -OCH3 is 1. The van der Waals surface area contributed by atoms with Crippen molar-refractivity contribution in [1.82, 2.24) is 5.32 Å². The number of carbonyl (C=O) groups is 3. The summed E-state index contributed by atoms with van der Waals surface area (Å²) in [6.07, 6.45) is 1.42. The van der Waals surface area contributed by atoms with Gasteiger partial charge in [-0.05, 0) is 116 Å². The molecule has 342 valence electrons. The number of rotatable bonds is 19. The molecule has 3 fully saturated rings. The van der Waals surface area contributed by atoms with E-state index in [0.717, 1.165) is 49.7 Å². The van der Waals surface area contributed by atoms with E-state index in [4.69, 9.17) is 28.8 Å². The van der Waals surface area contributed by atoms with Crippen molar-refractivity contribution in [1.29, 1.82) is 0 Å². The normalized spacial score (nSPS) is 28.7. The van der Waals surface area contributed by atoms with Gasteiger partial charge < -0.3 is 40.4 Å². The molecule has 63 heavy (non-hydrogen) atoms. The van der Waals surface area contributed by atoms with Gasteiger partial charge in [0.25, 0.3) is 0 Å². The molecule has 0 bridgehead atoms. The third kappa shape index (κ3) is 11.2. The monoisotopic (exact) mass is 890 g/mol. The van der Waals surface area contributed by atoms with Crippen molar-refractivity contribution in [3.8, 4) is 5.75 Å². The first kappa shape index (κ1) is 46.8. The van der Waals surface area contributed by atoms with E-state index in [1.54, 1.807) is 0 Å². The summed E-state index contributed by atoms with van der Waals surface area (Å²) in [5.74, 6) is -0.963. The van der Waals surface area contributed by atoms with E-state index in [-0.39, 0.29) is 50.4 Å². The Labute approximate surface area is 369 Å². The minimum Gasteiger partial charge on any atom is -0.462 e. The van der Waals surface area contributed by atoms with E-state index in [1.165, 1.54) is 18.2 Å². The number of phosphoric ester groups is 1. The summed E-state index contributed by atoms with van der Waals surface area (Å²) < 4.78 is 43.3. The van der Waals surface area contributed by atoms with Crippen LogP contribution in [0.4, 0.5) is 0 Å². The number of aliphatic hydroxyl groups is 3. The Kier molecular flexibility index (Phi) is 15.5. The summed E-state index contributed by atoms with van der Waals surface area (Å²) in [5.41, 5.74) is 9.43. The van der Waals surface area contributed by atoms with Crippen molar-refractivity contribution in [2.75, 3.05) is 7.11 Å². The molecule has 0 aromatic heterocycles. The number of phosphoric acid groups is 1. The van der Waals surface area contributed by atoms with Crippen LogP contribution in [0.3, 0.4) is 0 Å². The topological polar surface area (TPSA) is 213 Å². The number of esters is 1. The Hall–Kier alpha value is -4.14. The highest BCUT2D eigenvalue weighted by Crippen LogP contribution is 2.62. The highest BCUT2D eigenvalue weighted by molar-refractivity contribution is 7.48. The predicted octanol–water partition coefficient (Wildman–Crippen LogP) is 6.41. The number of carbonyl (C=O) groups excluding carboxylic acids is 3. The Balaban J connectivity index is 0.886. The minimum absolute atomic E-state index is 0.0184. The molecular weight excluding hydrogens is 828 g/mol. The van der Waals surface area contributed by atoms with Gasteiger partial charge in [-0.3, -0.25) is 23.4 Å². The smallest absolute Gasteiger partial charge is 0.462 e. The molecule has 2 amide bonds. The van der Waals surface area contributed by atoms with Crippen LogP contribution in [0.2, 0.25) is 0 Å². The van der Waals surface area contributed by atoms with E-state index >= 15 is 0 Å². The summed E-state index contributed by atoms with van der Waals surface area (Å²) in [4.78, 5) is 37.8. The number of nitrogens with one attached hydrogen (secondary N) is 1. The lowest BCUT2D eigenvalue weighted by Crippen LogP contribution is -2.57. The molecule has 4 aliphatic rings. The Morgan fingerprint density at radius 2 is 1.51 bits per heavy atom. The first-order chi connectivity index (χ1) is 30.3. The van der Waals surface area contributed by atoms with Gasteiger partial charge in [0.2, 0.25) is 11.8 Å². The van der Waals surface area contributed by atoms with Gasteiger partial charge in [-0.2, -0.15) is 0 Å². The SMILES string of the molecule is COC1CCC(NC(=O)CCC(O)C(O)CCC(=O)OC2CCC3C4CCc5cc(OP(=O)(OCc6ccccc6)OCc6ccccc6)ccc5C4CCC23C)C(O)C1C(N)=O. The van der Waals surface area contributed by atoms with E-state index in [9.17, 15) is 34.3 Å². The summed E-state index contributed by atoms with van der Waals surface area (Å²) >= 11 is 0. The maximum absolute atomic E-state index is 14.1. The van der Waals surface area contributed by atoms with E-state index in [1.807, 2.05) is 72.8 Å². The van der Waals surface area contributed by atoms with Gasteiger partial charge in [0.15, 0.2) is 0 Å². The summed E-state index contributed by atoms with van der Waals surface area (Å²) in [6.45, 7) is 2.38. The van der Waals surface area contributed by atoms with E-state index in [2.05, 4.69) is 18.3 Å². The molecule has 7 rings (SSSR count). The number of fused-ring (bicyclic) bond motifs is 5.